The van der Waals surface area contributed by atoms with Gasteiger partial charge < -0.3 is 10.6 Å². The second-order valence-corrected chi connectivity index (χ2v) is 5.53. The summed E-state index contributed by atoms with van der Waals surface area (Å²) < 4.78 is 1.72. The van der Waals surface area contributed by atoms with Crippen molar-refractivity contribution in [3.05, 3.63) is 0 Å². The maximum absolute atomic E-state index is 11.8. The lowest BCUT2D eigenvalue weighted by molar-refractivity contribution is -0.119. The SMILES string of the molecule is CCCC(C)NC(=O)CSc1nnnn1CCNCC. The number of tetrazole rings is 1. The van der Waals surface area contributed by atoms with Crippen LogP contribution < -0.4 is 10.6 Å². The van der Waals surface area contributed by atoms with Gasteiger partial charge in [-0.1, -0.05) is 32.0 Å². The standard InChI is InChI=1S/C12H24N6OS/c1-4-6-10(3)14-11(19)9-20-12-15-16-17-18(12)8-7-13-5-2/h10,13H,4-9H2,1-3H3,(H,14,19). The summed E-state index contributed by atoms with van der Waals surface area (Å²) in [5, 5.41) is 18.4. The molecule has 0 aromatic carbocycles. The van der Waals surface area contributed by atoms with Crippen molar-refractivity contribution in [1.29, 1.82) is 0 Å². The Morgan fingerprint density at radius 3 is 2.95 bits per heavy atom. The van der Waals surface area contributed by atoms with Crippen molar-refractivity contribution in [2.75, 3.05) is 18.8 Å². The highest BCUT2D eigenvalue weighted by molar-refractivity contribution is 7.99. The Morgan fingerprint density at radius 2 is 2.25 bits per heavy atom. The summed E-state index contributed by atoms with van der Waals surface area (Å²) in [5.41, 5.74) is 0. The van der Waals surface area contributed by atoms with Gasteiger partial charge in [0.2, 0.25) is 11.1 Å². The van der Waals surface area contributed by atoms with Crippen LogP contribution >= 0.6 is 11.8 Å². The van der Waals surface area contributed by atoms with Gasteiger partial charge in [-0.2, -0.15) is 0 Å². The zero-order chi connectivity index (χ0) is 14.8. The van der Waals surface area contributed by atoms with Gasteiger partial charge in [0.1, 0.15) is 0 Å². The highest BCUT2D eigenvalue weighted by atomic mass is 32.2. The maximum atomic E-state index is 11.8. The van der Waals surface area contributed by atoms with Crippen LogP contribution in [0.25, 0.3) is 0 Å². The van der Waals surface area contributed by atoms with Gasteiger partial charge in [0.05, 0.1) is 12.3 Å². The average molecular weight is 300 g/mol. The molecule has 0 radical (unpaired) electrons. The van der Waals surface area contributed by atoms with E-state index in [1.54, 1.807) is 4.68 Å². The molecule has 0 spiro atoms. The first kappa shape index (κ1) is 16.9. The van der Waals surface area contributed by atoms with E-state index in [0.29, 0.717) is 17.5 Å². The monoisotopic (exact) mass is 300 g/mol. The molecular formula is C12H24N6OS. The lowest BCUT2D eigenvalue weighted by Crippen LogP contribution is -2.33. The summed E-state index contributed by atoms with van der Waals surface area (Å²) in [5.74, 6) is 0.368. The van der Waals surface area contributed by atoms with E-state index in [1.807, 2.05) is 6.92 Å². The molecule has 0 saturated heterocycles. The number of rotatable bonds is 10. The van der Waals surface area contributed by atoms with Crippen molar-refractivity contribution < 1.29 is 4.79 Å². The van der Waals surface area contributed by atoms with Gasteiger partial charge in [-0.15, -0.1) is 5.10 Å². The largest absolute Gasteiger partial charge is 0.353 e. The summed E-state index contributed by atoms with van der Waals surface area (Å²) in [6, 6.07) is 0.220. The molecular weight excluding hydrogens is 276 g/mol. The lowest BCUT2D eigenvalue weighted by Gasteiger charge is -2.12. The van der Waals surface area contributed by atoms with Crippen LogP contribution in [-0.2, 0) is 11.3 Å². The van der Waals surface area contributed by atoms with Crippen LogP contribution in [0.15, 0.2) is 5.16 Å². The third-order valence-corrected chi connectivity index (χ3v) is 3.67. The summed E-state index contributed by atoms with van der Waals surface area (Å²) in [6.45, 7) is 8.62. The Morgan fingerprint density at radius 1 is 1.45 bits per heavy atom. The van der Waals surface area contributed by atoms with E-state index in [4.69, 9.17) is 0 Å². The normalized spacial score (nSPS) is 12.3. The van der Waals surface area contributed by atoms with Gasteiger partial charge in [-0.25, -0.2) is 4.68 Å². The Kier molecular flexibility index (Phi) is 8.20. The van der Waals surface area contributed by atoms with Crippen LogP contribution in [0.4, 0.5) is 0 Å². The van der Waals surface area contributed by atoms with Gasteiger partial charge in [0.25, 0.3) is 0 Å². The first-order valence-corrected chi connectivity index (χ1v) is 8.05. The van der Waals surface area contributed by atoms with E-state index in [2.05, 4.69) is 40.0 Å². The number of carbonyl (C=O) groups excluding carboxylic acids is 1. The second kappa shape index (κ2) is 9.71. The van der Waals surface area contributed by atoms with Crippen molar-refractivity contribution in [3.8, 4) is 0 Å². The number of nitrogens with one attached hydrogen (secondary N) is 2. The first-order valence-electron chi connectivity index (χ1n) is 7.06. The molecule has 1 aromatic rings. The van der Waals surface area contributed by atoms with Gasteiger partial charge in [0, 0.05) is 12.6 Å². The summed E-state index contributed by atoms with van der Waals surface area (Å²) in [7, 11) is 0. The van der Waals surface area contributed by atoms with E-state index in [9.17, 15) is 4.79 Å². The molecule has 1 aromatic heterocycles. The van der Waals surface area contributed by atoms with E-state index in [-0.39, 0.29) is 11.9 Å². The minimum absolute atomic E-state index is 0.0252. The average Bonchev–Trinajstić information content (AvgIpc) is 2.84. The number of thioether (sulfide) groups is 1. The molecule has 2 N–H and O–H groups in total. The molecule has 1 amide bonds. The molecule has 0 aliphatic rings. The molecule has 1 atom stereocenters. The van der Waals surface area contributed by atoms with Crippen molar-refractivity contribution in [2.24, 2.45) is 0 Å². The predicted octanol–water partition coefficient (Wildman–Crippen LogP) is 0.680. The third kappa shape index (κ3) is 6.33. The van der Waals surface area contributed by atoms with E-state index >= 15 is 0 Å². The van der Waals surface area contributed by atoms with Crippen molar-refractivity contribution in [2.45, 2.75) is 51.4 Å². The van der Waals surface area contributed by atoms with E-state index in [0.717, 1.165) is 25.9 Å². The topological polar surface area (TPSA) is 84.7 Å². The number of likely N-dealkylation sites (N-methyl/N-ethyl adjacent to an activating group) is 1. The van der Waals surface area contributed by atoms with Gasteiger partial charge >= 0.3 is 0 Å². The Balaban J connectivity index is 2.34. The molecule has 0 aliphatic heterocycles. The minimum Gasteiger partial charge on any atom is -0.353 e. The van der Waals surface area contributed by atoms with E-state index < -0.39 is 0 Å². The highest BCUT2D eigenvalue weighted by Crippen LogP contribution is 2.12. The van der Waals surface area contributed by atoms with Crippen LogP contribution in [0.1, 0.15) is 33.6 Å². The fraction of sp³-hybridized carbons (Fsp3) is 0.833. The van der Waals surface area contributed by atoms with Crippen LogP contribution in [0, 0.1) is 0 Å². The highest BCUT2D eigenvalue weighted by Gasteiger charge is 2.11. The fourth-order valence-corrected chi connectivity index (χ4v) is 2.47. The van der Waals surface area contributed by atoms with Crippen LogP contribution in [0.2, 0.25) is 0 Å². The van der Waals surface area contributed by atoms with Crippen molar-refractivity contribution >= 4 is 17.7 Å². The minimum atomic E-state index is 0.0252. The number of nitrogens with zero attached hydrogens (tertiary/aromatic N) is 4. The Bertz CT molecular complexity index is 397. The predicted molar refractivity (Wildman–Crippen MR) is 79.6 cm³/mol. The summed E-state index contributed by atoms with van der Waals surface area (Å²) in [4.78, 5) is 11.8. The molecule has 114 valence electrons. The smallest absolute Gasteiger partial charge is 0.230 e. The number of carbonyl (C=O) groups is 1. The van der Waals surface area contributed by atoms with Crippen molar-refractivity contribution in [3.63, 3.8) is 0 Å². The Labute approximate surface area is 124 Å². The molecule has 1 heterocycles. The van der Waals surface area contributed by atoms with Crippen LogP contribution in [0.5, 0.6) is 0 Å². The summed E-state index contributed by atoms with van der Waals surface area (Å²) in [6.07, 6.45) is 2.06. The van der Waals surface area contributed by atoms with Gasteiger partial charge in [0.15, 0.2) is 0 Å². The van der Waals surface area contributed by atoms with E-state index in [1.165, 1.54) is 11.8 Å². The van der Waals surface area contributed by atoms with Crippen molar-refractivity contribution in [1.82, 2.24) is 30.8 Å². The zero-order valence-corrected chi connectivity index (χ0v) is 13.2. The molecule has 1 rings (SSSR count). The molecule has 20 heavy (non-hydrogen) atoms. The number of hydrogen-bond acceptors (Lipinski definition) is 6. The summed E-state index contributed by atoms with van der Waals surface area (Å²) >= 11 is 1.37. The second-order valence-electron chi connectivity index (χ2n) is 4.58. The van der Waals surface area contributed by atoms with Gasteiger partial charge in [-0.3, -0.25) is 4.79 Å². The van der Waals surface area contributed by atoms with Gasteiger partial charge in [-0.05, 0) is 30.3 Å². The quantitative estimate of drug-likeness (QED) is 0.488. The maximum Gasteiger partial charge on any atom is 0.230 e. The molecule has 7 nitrogen and oxygen atoms in total. The lowest BCUT2D eigenvalue weighted by atomic mass is 10.2. The number of aromatic nitrogens is 4. The van der Waals surface area contributed by atoms with Crippen LogP contribution in [-0.4, -0.2) is 51.0 Å². The third-order valence-electron chi connectivity index (χ3n) is 2.71. The number of hydrogen-bond donors (Lipinski definition) is 2. The Hall–Kier alpha value is -1.15. The molecule has 0 bridgehead atoms. The first-order chi connectivity index (χ1) is 9.67. The molecule has 1 unspecified atom stereocenters. The molecule has 8 heteroatoms. The fourth-order valence-electron chi connectivity index (χ4n) is 1.75. The zero-order valence-electron chi connectivity index (χ0n) is 12.4. The van der Waals surface area contributed by atoms with Crippen LogP contribution in [0.3, 0.4) is 0 Å². The number of amides is 1. The molecule has 0 aliphatic carbocycles. The molecule has 0 fully saturated rings. The molecule has 0 saturated carbocycles.